The van der Waals surface area contributed by atoms with E-state index in [4.69, 9.17) is 4.74 Å². The summed E-state index contributed by atoms with van der Waals surface area (Å²) in [6, 6.07) is 20.3. The first kappa shape index (κ1) is 23.3. The van der Waals surface area contributed by atoms with Gasteiger partial charge in [-0.1, -0.05) is 48.5 Å². The Morgan fingerprint density at radius 1 is 1.03 bits per heavy atom. The summed E-state index contributed by atoms with van der Waals surface area (Å²) in [5.74, 6) is -1.03. The van der Waals surface area contributed by atoms with E-state index in [0.717, 1.165) is 22.3 Å². The fraction of sp³-hybridized carbons (Fsp3) is 0.214. The number of amides is 4. The normalized spacial score (nSPS) is 17.0. The Hall–Kier alpha value is -4.46. The highest BCUT2D eigenvalue weighted by Gasteiger charge is 2.39. The second-order valence-corrected chi connectivity index (χ2v) is 8.99. The largest absolute Gasteiger partial charge is 0.444 e. The molecule has 2 aliphatic rings. The molecule has 3 aromatic rings. The predicted molar refractivity (Wildman–Crippen MR) is 133 cm³/mol. The van der Waals surface area contributed by atoms with Crippen LogP contribution in [0.2, 0.25) is 0 Å². The molecule has 5 rings (SSSR count). The molecule has 0 bridgehead atoms. The van der Waals surface area contributed by atoms with Crippen LogP contribution < -0.4 is 10.6 Å². The van der Waals surface area contributed by atoms with Gasteiger partial charge in [-0.05, 0) is 59.4 Å². The van der Waals surface area contributed by atoms with Gasteiger partial charge >= 0.3 is 6.09 Å². The van der Waals surface area contributed by atoms with Crippen molar-refractivity contribution in [2.24, 2.45) is 0 Å². The molecule has 4 amide bonds. The van der Waals surface area contributed by atoms with Gasteiger partial charge in [-0.15, -0.1) is 0 Å². The molecular formula is C28H25N3O5. The number of fused-ring (bicyclic) bond motifs is 1. The SMILES string of the molecule is Cc1cc(NC(=O)OCc2ccc3c(c2)C(=O)N(C2CCC(=O)NC2=O)C3)ccc1-c1ccccc1. The van der Waals surface area contributed by atoms with E-state index in [1.807, 2.05) is 55.5 Å². The Bertz CT molecular complexity index is 1370. The van der Waals surface area contributed by atoms with Gasteiger partial charge in [-0.3, -0.25) is 25.0 Å². The minimum Gasteiger partial charge on any atom is -0.444 e. The van der Waals surface area contributed by atoms with E-state index in [0.29, 0.717) is 29.8 Å². The van der Waals surface area contributed by atoms with Gasteiger partial charge in [-0.2, -0.15) is 0 Å². The smallest absolute Gasteiger partial charge is 0.411 e. The lowest BCUT2D eigenvalue weighted by Crippen LogP contribution is -2.52. The summed E-state index contributed by atoms with van der Waals surface area (Å²) in [7, 11) is 0. The maximum Gasteiger partial charge on any atom is 0.411 e. The Labute approximate surface area is 208 Å². The highest BCUT2D eigenvalue weighted by atomic mass is 16.5. The third kappa shape index (κ3) is 4.70. The third-order valence-electron chi connectivity index (χ3n) is 6.52. The number of hydrogen-bond donors (Lipinski definition) is 2. The molecule has 0 spiro atoms. The van der Waals surface area contributed by atoms with Gasteiger partial charge in [-0.25, -0.2) is 4.79 Å². The summed E-state index contributed by atoms with van der Waals surface area (Å²) < 4.78 is 5.38. The molecule has 1 atom stereocenters. The summed E-state index contributed by atoms with van der Waals surface area (Å²) in [5.41, 5.74) is 5.78. The van der Waals surface area contributed by atoms with Crippen LogP contribution in [0.5, 0.6) is 0 Å². The number of nitrogens with zero attached hydrogens (tertiary/aromatic N) is 1. The highest BCUT2D eigenvalue weighted by molar-refractivity contribution is 6.05. The molecule has 3 aromatic carbocycles. The quantitative estimate of drug-likeness (QED) is 0.530. The second kappa shape index (κ2) is 9.65. The lowest BCUT2D eigenvalue weighted by Gasteiger charge is -2.29. The molecule has 182 valence electrons. The first-order valence-electron chi connectivity index (χ1n) is 11.8. The van der Waals surface area contributed by atoms with Crippen LogP contribution in [0, 0.1) is 6.92 Å². The summed E-state index contributed by atoms with van der Waals surface area (Å²) in [6.45, 7) is 2.28. The second-order valence-electron chi connectivity index (χ2n) is 8.99. The fourth-order valence-electron chi connectivity index (χ4n) is 4.68. The van der Waals surface area contributed by atoms with Crippen LogP contribution >= 0.6 is 0 Å². The number of imide groups is 1. The van der Waals surface area contributed by atoms with E-state index in [1.165, 1.54) is 4.90 Å². The van der Waals surface area contributed by atoms with Gasteiger partial charge in [0.2, 0.25) is 11.8 Å². The fourth-order valence-corrected chi connectivity index (χ4v) is 4.68. The van der Waals surface area contributed by atoms with E-state index in [1.54, 1.807) is 18.2 Å². The first-order valence-corrected chi connectivity index (χ1v) is 11.8. The number of carbonyl (C=O) groups is 4. The molecule has 1 unspecified atom stereocenters. The third-order valence-corrected chi connectivity index (χ3v) is 6.52. The molecular weight excluding hydrogens is 458 g/mol. The van der Waals surface area contributed by atoms with Crippen molar-refractivity contribution in [3.05, 3.63) is 89.0 Å². The van der Waals surface area contributed by atoms with E-state index >= 15 is 0 Å². The van der Waals surface area contributed by atoms with E-state index in [9.17, 15) is 19.2 Å². The minimum atomic E-state index is -0.662. The first-order chi connectivity index (χ1) is 17.4. The summed E-state index contributed by atoms with van der Waals surface area (Å²) in [4.78, 5) is 50.5. The summed E-state index contributed by atoms with van der Waals surface area (Å²) in [6.07, 6.45) is -0.0789. The van der Waals surface area contributed by atoms with Crippen molar-refractivity contribution in [2.45, 2.75) is 39.0 Å². The molecule has 0 aliphatic carbocycles. The van der Waals surface area contributed by atoms with Gasteiger partial charge in [0.05, 0.1) is 0 Å². The predicted octanol–water partition coefficient (Wildman–Crippen LogP) is 4.17. The van der Waals surface area contributed by atoms with Crippen LogP contribution in [-0.4, -0.2) is 34.8 Å². The number of carbonyl (C=O) groups excluding carboxylic acids is 4. The number of anilines is 1. The zero-order chi connectivity index (χ0) is 25.2. The van der Waals surface area contributed by atoms with Crippen molar-refractivity contribution in [2.75, 3.05) is 5.32 Å². The minimum absolute atomic E-state index is 0.00804. The van der Waals surface area contributed by atoms with Gasteiger partial charge in [0.25, 0.3) is 5.91 Å². The highest BCUT2D eigenvalue weighted by Crippen LogP contribution is 2.29. The lowest BCUT2D eigenvalue weighted by atomic mass is 10.0. The Kier molecular flexibility index (Phi) is 6.25. The topological polar surface area (TPSA) is 105 Å². The van der Waals surface area contributed by atoms with Crippen LogP contribution in [0.1, 0.15) is 39.9 Å². The van der Waals surface area contributed by atoms with Crippen LogP contribution in [0.15, 0.2) is 66.7 Å². The van der Waals surface area contributed by atoms with Gasteiger partial charge in [0.15, 0.2) is 0 Å². The van der Waals surface area contributed by atoms with Crippen molar-refractivity contribution >= 4 is 29.5 Å². The number of piperidine rings is 1. The zero-order valence-corrected chi connectivity index (χ0v) is 19.7. The standard InChI is InChI=1S/C28H25N3O5/c1-17-13-21(9-10-22(17)19-5-3-2-4-6-19)29-28(35)36-16-18-7-8-20-15-31(27(34)23(20)14-18)24-11-12-25(32)30-26(24)33/h2-10,13-14,24H,11-12,15-16H2,1H3,(H,29,35)(H,30,32,33). The van der Waals surface area contributed by atoms with Gasteiger partial charge in [0.1, 0.15) is 12.6 Å². The van der Waals surface area contributed by atoms with Crippen LogP contribution in [0.3, 0.4) is 0 Å². The van der Waals surface area contributed by atoms with E-state index in [-0.39, 0.29) is 24.8 Å². The molecule has 2 aliphatic heterocycles. The van der Waals surface area contributed by atoms with Crippen molar-refractivity contribution in [1.29, 1.82) is 0 Å². The van der Waals surface area contributed by atoms with Gasteiger partial charge in [0, 0.05) is 24.2 Å². The van der Waals surface area contributed by atoms with E-state index < -0.39 is 18.0 Å². The number of ether oxygens (including phenoxy) is 1. The maximum atomic E-state index is 13.0. The monoisotopic (exact) mass is 483 g/mol. The van der Waals surface area contributed by atoms with Crippen molar-refractivity contribution < 1.29 is 23.9 Å². The molecule has 1 fully saturated rings. The molecule has 36 heavy (non-hydrogen) atoms. The molecule has 0 aromatic heterocycles. The summed E-state index contributed by atoms with van der Waals surface area (Å²) in [5, 5.41) is 5.04. The number of aryl methyl sites for hydroxylation is 1. The maximum absolute atomic E-state index is 13.0. The number of benzene rings is 3. The van der Waals surface area contributed by atoms with Gasteiger partial charge < -0.3 is 9.64 Å². The lowest BCUT2D eigenvalue weighted by molar-refractivity contribution is -0.136. The molecule has 1 saturated heterocycles. The molecule has 8 heteroatoms. The summed E-state index contributed by atoms with van der Waals surface area (Å²) >= 11 is 0. The molecule has 8 nitrogen and oxygen atoms in total. The van der Waals surface area contributed by atoms with Crippen LogP contribution in [-0.2, 0) is 27.5 Å². The molecule has 2 N–H and O–H groups in total. The van der Waals surface area contributed by atoms with Crippen LogP contribution in [0.4, 0.5) is 10.5 Å². The van der Waals surface area contributed by atoms with Crippen molar-refractivity contribution in [1.82, 2.24) is 10.2 Å². The Balaban J connectivity index is 1.20. The molecule has 0 radical (unpaired) electrons. The molecule has 2 heterocycles. The number of hydrogen-bond acceptors (Lipinski definition) is 5. The van der Waals surface area contributed by atoms with E-state index in [2.05, 4.69) is 10.6 Å². The van der Waals surface area contributed by atoms with Crippen molar-refractivity contribution in [3.8, 4) is 11.1 Å². The zero-order valence-electron chi connectivity index (χ0n) is 19.7. The Morgan fingerprint density at radius 3 is 2.58 bits per heavy atom. The molecule has 0 saturated carbocycles. The van der Waals surface area contributed by atoms with Crippen LogP contribution in [0.25, 0.3) is 11.1 Å². The van der Waals surface area contributed by atoms with Crippen molar-refractivity contribution in [3.63, 3.8) is 0 Å². The number of nitrogens with one attached hydrogen (secondary N) is 2. The number of rotatable bonds is 5. The average Bonchev–Trinajstić information content (AvgIpc) is 3.19. The Morgan fingerprint density at radius 2 is 1.83 bits per heavy atom. The average molecular weight is 484 g/mol.